The summed E-state index contributed by atoms with van der Waals surface area (Å²) in [5, 5.41) is 20.0. The maximum Gasteiger partial charge on any atom is 0.248 e. The maximum absolute atomic E-state index is 10.8. The molecule has 11 heavy (non-hydrogen) atoms. The van der Waals surface area contributed by atoms with Gasteiger partial charge in [0.2, 0.25) is 5.91 Å². The van der Waals surface area contributed by atoms with Gasteiger partial charge in [0.15, 0.2) is 0 Å². The van der Waals surface area contributed by atoms with Crippen LogP contribution < -0.4 is 5.32 Å². The van der Waals surface area contributed by atoms with Crippen LogP contribution in [0.1, 0.15) is 13.3 Å². The van der Waals surface area contributed by atoms with Crippen molar-refractivity contribution >= 4 is 5.91 Å². The van der Waals surface area contributed by atoms with Crippen molar-refractivity contribution in [2.45, 2.75) is 19.4 Å². The van der Waals surface area contributed by atoms with E-state index in [9.17, 15) is 9.90 Å². The first-order chi connectivity index (χ1) is 5.13. The molecule has 0 saturated heterocycles. The molecule has 4 heteroatoms. The fraction of sp³-hybridized carbons (Fsp3) is 0.857. The molecule has 0 bridgehead atoms. The summed E-state index contributed by atoms with van der Waals surface area (Å²) in [5.74, 6) is -0.592. The molecule has 2 unspecified atom stereocenters. The second-order valence-electron chi connectivity index (χ2n) is 2.55. The average molecular weight is 161 g/mol. The minimum atomic E-state index is -1.01. The fourth-order valence-electron chi connectivity index (χ4n) is 0.768. The van der Waals surface area contributed by atoms with Crippen molar-refractivity contribution in [1.82, 2.24) is 5.32 Å². The molecule has 1 amide bonds. The molecule has 3 N–H and O–H groups in total. The Labute approximate surface area is 66.2 Å². The Morgan fingerprint density at radius 2 is 2.18 bits per heavy atom. The number of aliphatic hydroxyl groups is 2. The molecule has 0 radical (unpaired) electrons. The highest BCUT2D eigenvalue weighted by Crippen LogP contribution is 2.06. The minimum Gasteiger partial charge on any atom is -0.396 e. The third-order valence-electron chi connectivity index (χ3n) is 1.64. The molecule has 0 aliphatic rings. The Hall–Kier alpha value is -0.610. The van der Waals surface area contributed by atoms with Crippen molar-refractivity contribution in [3.63, 3.8) is 0 Å². The lowest BCUT2D eigenvalue weighted by Gasteiger charge is -2.15. The van der Waals surface area contributed by atoms with Gasteiger partial charge in [-0.25, -0.2) is 0 Å². The Morgan fingerprint density at radius 1 is 1.64 bits per heavy atom. The van der Waals surface area contributed by atoms with E-state index in [2.05, 4.69) is 5.32 Å². The van der Waals surface area contributed by atoms with Crippen LogP contribution in [0.25, 0.3) is 0 Å². The van der Waals surface area contributed by atoms with Crippen LogP contribution in [0.5, 0.6) is 0 Å². The maximum atomic E-state index is 10.8. The lowest BCUT2D eigenvalue weighted by molar-refractivity contribution is -0.131. The number of carbonyl (C=O) groups excluding carboxylic acids is 1. The molecule has 0 aromatic carbocycles. The second kappa shape index (κ2) is 5.09. The number of nitrogens with one attached hydrogen (secondary N) is 1. The van der Waals surface area contributed by atoms with Crippen molar-refractivity contribution in [3.05, 3.63) is 0 Å². The van der Waals surface area contributed by atoms with Crippen LogP contribution in [0, 0.1) is 5.92 Å². The molecular formula is C7H15NO3. The first-order valence-electron chi connectivity index (χ1n) is 3.64. The van der Waals surface area contributed by atoms with E-state index >= 15 is 0 Å². The SMILES string of the molecule is CNC(=O)C(O)C(C)CCO. The van der Waals surface area contributed by atoms with Gasteiger partial charge in [0.05, 0.1) is 0 Å². The van der Waals surface area contributed by atoms with E-state index < -0.39 is 12.0 Å². The highest BCUT2D eigenvalue weighted by atomic mass is 16.3. The van der Waals surface area contributed by atoms with Crippen LogP contribution in [0.2, 0.25) is 0 Å². The van der Waals surface area contributed by atoms with E-state index in [1.165, 1.54) is 7.05 Å². The Kier molecular flexibility index (Phi) is 4.81. The molecular weight excluding hydrogens is 146 g/mol. The molecule has 0 rings (SSSR count). The minimum absolute atomic E-state index is 0.00474. The van der Waals surface area contributed by atoms with E-state index in [4.69, 9.17) is 5.11 Å². The molecule has 0 aromatic heterocycles. The summed E-state index contributed by atoms with van der Waals surface area (Å²) < 4.78 is 0. The van der Waals surface area contributed by atoms with Gasteiger partial charge in [0, 0.05) is 13.7 Å². The molecule has 0 aromatic rings. The number of likely N-dealkylation sites (N-methyl/N-ethyl adjacent to an activating group) is 1. The van der Waals surface area contributed by atoms with Crippen LogP contribution in [0.4, 0.5) is 0 Å². The second-order valence-corrected chi connectivity index (χ2v) is 2.55. The molecule has 2 atom stereocenters. The van der Waals surface area contributed by atoms with Gasteiger partial charge in [0.25, 0.3) is 0 Å². The van der Waals surface area contributed by atoms with E-state index in [1.807, 2.05) is 0 Å². The van der Waals surface area contributed by atoms with Gasteiger partial charge >= 0.3 is 0 Å². The number of hydrogen-bond donors (Lipinski definition) is 3. The highest BCUT2D eigenvalue weighted by molar-refractivity contribution is 5.80. The summed E-state index contributed by atoms with van der Waals surface area (Å²) in [4.78, 5) is 10.8. The number of rotatable bonds is 4. The van der Waals surface area contributed by atoms with Crippen molar-refractivity contribution < 1.29 is 15.0 Å². The molecule has 66 valence electrons. The Bertz CT molecular complexity index is 127. The lowest BCUT2D eigenvalue weighted by Crippen LogP contribution is -2.36. The molecule has 0 aliphatic carbocycles. The highest BCUT2D eigenvalue weighted by Gasteiger charge is 2.20. The van der Waals surface area contributed by atoms with Crippen LogP contribution in [0.3, 0.4) is 0 Å². The Morgan fingerprint density at radius 3 is 2.55 bits per heavy atom. The van der Waals surface area contributed by atoms with Gasteiger partial charge in [-0.15, -0.1) is 0 Å². The zero-order chi connectivity index (χ0) is 8.85. The molecule has 0 spiro atoms. The lowest BCUT2D eigenvalue weighted by atomic mass is 10.0. The van der Waals surface area contributed by atoms with Gasteiger partial charge in [-0.1, -0.05) is 6.92 Å². The Balaban J connectivity index is 3.80. The summed E-state index contributed by atoms with van der Waals surface area (Å²) in [7, 11) is 1.47. The van der Waals surface area contributed by atoms with Gasteiger partial charge in [0.1, 0.15) is 6.10 Å². The third-order valence-corrected chi connectivity index (χ3v) is 1.64. The predicted octanol–water partition coefficient (Wildman–Crippen LogP) is -0.888. The van der Waals surface area contributed by atoms with E-state index in [0.717, 1.165) is 0 Å². The van der Waals surface area contributed by atoms with E-state index in [1.54, 1.807) is 6.92 Å². The normalized spacial score (nSPS) is 15.6. The number of hydrogen-bond acceptors (Lipinski definition) is 3. The van der Waals surface area contributed by atoms with Gasteiger partial charge in [-0.3, -0.25) is 4.79 Å². The quantitative estimate of drug-likeness (QED) is 0.501. The monoisotopic (exact) mass is 161 g/mol. The van der Waals surface area contributed by atoms with Crippen molar-refractivity contribution in [1.29, 1.82) is 0 Å². The zero-order valence-electron chi connectivity index (χ0n) is 6.87. The molecule has 0 heterocycles. The summed E-state index contributed by atoms with van der Waals surface area (Å²) in [5.41, 5.74) is 0. The van der Waals surface area contributed by atoms with Crippen LogP contribution in [0.15, 0.2) is 0 Å². The average Bonchev–Trinajstić information content (AvgIpc) is 2.02. The summed E-state index contributed by atoms with van der Waals surface area (Å²) >= 11 is 0. The van der Waals surface area contributed by atoms with Crippen molar-refractivity contribution in [2.75, 3.05) is 13.7 Å². The van der Waals surface area contributed by atoms with Crippen molar-refractivity contribution in [3.8, 4) is 0 Å². The van der Waals surface area contributed by atoms with Gasteiger partial charge < -0.3 is 15.5 Å². The van der Waals surface area contributed by atoms with Crippen molar-refractivity contribution in [2.24, 2.45) is 5.92 Å². The smallest absolute Gasteiger partial charge is 0.248 e. The number of carbonyl (C=O) groups is 1. The van der Waals surface area contributed by atoms with Crippen LogP contribution >= 0.6 is 0 Å². The largest absolute Gasteiger partial charge is 0.396 e. The molecule has 0 saturated carbocycles. The van der Waals surface area contributed by atoms with Gasteiger partial charge in [-0.2, -0.15) is 0 Å². The van der Waals surface area contributed by atoms with Crippen LogP contribution in [-0.2, 0) is 4.79 Å². The predicted molar refractivity (Wildman–Crippen MR) is 40.9 cm³/mol. The molecule has 0 fully saturated rings. The first-order valence-corrected chi connectivity index (χ1v) is 3.64. The summed E-state index contributed by atoms with van der Waals surface area (Å²) in [6.45, 7) is 1.71. The topological polar surface area (TPSA) is 69.6 Å². The van der Waals surface area contributed by atoms with E-state index in [0.29, 0.717) is 6.42 Å². The van der Waals surface area contributed by atoms with Gasteiger partial charge in [-0.05, 0) is 12.3 Å². The number of amides is 1. The number of aliphatic hydroxyl groups excluding tert-OH is 2. The fourth-order valence-corrected chi connectivity index (χ4v) is 0.768. The molecule has 4 nitrogen and oxygen atoms in total. The summed E-state index contributed by atoms with van der Waals surface area (Å²) in [6, 6.07) is 0. The zero-order valence-corrected chi connectivity index (χ0v) is 6.87. The summed E-state index contributed by atoms with van der Waals surface area (Å²) in [6.07, 6.45) is -0.568. The molecule has 0 aliphatic heterocycles. The third kappa shape index (κ3) is 3.34. The standard InChI is InChI=1S/C7H15NO3/c1-5(3-4-9)6(10)7(11)8-2/h5-6,9-10H,3-4H2,1-2H3,(H,8,11). The first kappa shape index (κ1) is 10.4. The van der Waals surface area contributed by atoms with E-state index in [-0.39, 0.29) is 12.5 Å². The van der Waals surface area contributed by atoms with Crippen LogP contribution in [-0.4, -0.2) is 35.9 Å².